The second-order valence-electron chi connectivity index (χ2n) is 4.49. The van der Waals surface area contributed by atoms with Crippen LogP contribution in [-0.2, 0) is 0 Å². The molecule has 0 fully saturated rings. The monoisotopic (exact) mass is 298 g/mol. The third-order valence-electron chi connectivity index (χ3n) is 2.86. The number of hydrogen-bond acceptors (Lipinski definition) is 2. The van der Waals surface area contributed by atoms with Crippen molar-refractivity contribution in [3.8, 4) is 0 Å². The molecule has 2 aromatic carbocycles. The average molecular weight is 298 g/mol. The van der Waals surface area contributed by atoms with E-state index in [1.54, 1.807) is 13.0 Å². The number of rotatable bonds is 3. The Morgan fingerprint density at radius 2 is 1.70 bits per heavy atom. The van der Waals surface area contributed by atoms with E-state index in [1.807, 2.05) is 0 Å². The van der Waals surface area contributed by atoms with Gasteiger partial charge >= 0.3 is 0 Å². The lowest BCUT2D eigenvalue weighted by molar-refractivity contribution is 0.196. The summed E-state index contributed by atoms with van der Waals surface area (Å²) in [5.41, 5.74) is 0.849. The molecule has 5 heteroatoms. The van der Waals surface area contributed by atoms with Gasteiger partial charge in [-0.2, -0.15) is 0 Å². The van der Waals surface area contributed by atoms with Crippen molar-refractivity contribution < 1.29 is 18.3 Å². The SMILES string of the molecule is Cc1cc(Sc2ccc(F)c(F)c2)c(C(C)O)cc1F. The van der Waals surface area contributed by atoms with Crippen LogP contribution >= 0.6 is 11.8 Å². The molecule has 1 nitrogen and oxygen atoms in total. The molecule has 0 aromatic heterocycles. The molecule has 1 N–H and O–H groups in total. The quantitative estimate of drug-likeness (QED) is 0.892. The molecule has 2 rings (SSSR count). The van der Waals surface area contributed by atoms with Gasteiger partial charge in [0.15, 0.2) is 11.6 Å². The zero-order chi connectivity index (χ0) is 14.9. The molecule has 0 bridgehead atoms. The normalized spacial score (nSPS) is 12.5. The van der Waals surface area contributed by atoms with E-state index in [1.165, 1.54) is 19.1 Å². The number of halogens is 3. The highest BCUT2D eigenvalue weighted by Gasteiger charge is 2.14. The second kappa shape index (κ2) is 5.89. The maximum atomic E-state index is 13.5. The first-order valence-electron chi connectivity index (χ1n) is 5.99. The summed E-state index contributed by atoms with van der Waals surface area (Å²) in [6, 6.07) is 6.40. The van der Waals surface area contributed by atoms with Gasteiger partial charge in [0.2, 0.25) is 0 Å². The summed E-state index contributed by atoms with van der Waals surface area (Å²) in [5, 5.41) is 9.68. The number of aryl methyl sites for hydroxylation is 1. The fraction of sp³-hybridized carbons (Fsp3) is 0.200. The third kappa shape index (κ3) is 3.16. The Labute approximate surface area is 119 Å². The molecule has 0 amide bonds. The molecular formula is C15H13F3OS. The van der Waals surface area contributed by atoms with Crippen LogP contribution in [0.2, 0.25) is 0 Å². The van der Waals surface area contributed by atoms with Crippen molar-refractivity contribution in [2.75, 3.05) is 0 Å². The first-order chi connectivity index (χ1) is 9.38. The fourth-order valence-corrected chi connectivity index (χ4v) is 2.89. The lowest BCUT2D eigenvalue weighted by Crippen LogP contribution is -1.97. The molecule has 0 aliphatic rings. The highest BCUT2D eigenvalue weighted by atomic mass is 32.2. The van der Waals surface area contributed by atoms with Crippen LogP contribution in [0.15, 0.2) is 40.1 Å². The summed E-state index contributed by atoms with van der Waals surface area (Å²) in [6.07, 6.45) is -0.849. The van der Waals surface area contributed by atoms with Gasteiger partial charge in [0.1, 0.15) is 5.82 Å². The molecule has 0 saturated carbocycles. The molecular weight excluding hydrogens is 285 g/mol. The predicted molar refractivity (Wildman–Crippen MR) is 72.3 cm³/mol. The lowest BCUT2D eigenvalue weighted by atomic mass is 10.1. The average Bonchev–Trinajstić information content (AvgIpc) is 2.37. The summed E-state index contributed by atoms with van der Waals surface area (Å²) in [5.74, 6) is -2.26. The van der Waals surface area contributed by atoms with Gasteiger partial charge in [-0.3, -0.25) is 0 Å². The molecule has 1 atom stereocenters. The maximum absolute atomic E-state index is 13.5. The van der Waals surface area contributed by atoms with Crippen LogP contribution in [0.1, 0.15) is 24.2 Å². The first kappa shape index (κ1) is 14.9. The minimum atomic E-state index is -0.938. The van der Waals surface area contributed by atoms with E-state index in [2.05, 4.69) is 0 Å². The van der Waals surface area contributed by atoms with E-state index in [0.717, 1.165) is 23.9 Å². The predicted octanol–water partition coefficient (Wildman–Crippen LogP) is 4.62. The third-order valence-corrected chi connectivity index (χ3v) is 3.92. The van der Waals surface area contributed by atoms with Crippen LogP contribution in [-0.4, -0.2) is 5.11 Å². The van der Waals surface area contributed by atoms with Gasteiger partial charge in [-0.1, -0.05) is 11.8 Å². The Morgan fingerprint density at radius 1 is 1.00 bits per heavy atom. The summed E-state index contributed by atoms with van der Waals surface area (Å²) < 4.78 is 39.6. The van der Waals surface area contributed by atoms with Crippen LogP contribution < -0.4 is 0 Å². The van der Waals surface area contributed by atoms with Crippen LogP contribution in [0.4, 0.5) is 13.2 Å². The molecule has 2 aromatic rings. The Kier molecular flexibility index (Phi) is 4.40. The minimum absolute atomic E-state index is 0.407. The van der Waals surface area contributed by atoms with Crippen LogP contribution in [0.5, 0.6) is 0 Å². The Hall–Kier alpha value is -1.46. The number of aliphatic hydroxyl groups excluding tert-OH is 1. The molecule has 20 heavy (non-hydrogen) atoms. The Bertz CT molecular complexity index is 641. The zero-order valence-corrected chi connectivity index (χ0v) is 11.8. The topological polar surface area (TPSA) is 20.2 Å². The van der Waals surface area contributed by atoms with Crippen LogP contribution in [0, 0.1) is 24.4 Å². The first-order valence-corrected chi connectivity index (χ1v) is 6.81. The highest BCUT2D eigenvalue weighted by Crippen LogP contribution is 2.35. The van der Waals surface area contributed by atoms with Gasteiger partial charge in [-0.05, 0) is 55.3 Å². The van der Waals surface area contributed by atoms with Crippen molar-refractivity contribution in [3.05, 3.63) is 58.9 Å². The largest absolute Gasteiger partial charge is 0.389 e. The summed E-state index contributed by atoms with van der Waals surface area (Å²) >= 11 is 1.15. The molecule has 0 saturated heterocycles. The number of hydrogen-bond donors (Lipinski definition) is 1. The van der Waals surface area contributed by atoms with Crippen molar-refractivity contribution in [1.29, 1.82) is 0 Å². The van der Waals surface area contributed by atoms with Crippen molar-refractivity contribution in [1.82, 2.24) is 0 Å². The number of benzene rings is 2. The van der Waals surface area contributed by atoms with Crippen LogP contribution in [0.25, 0.3) is 0 Å². The second-order valence-corrected chi connectivity index (χ2v) is 5.61. The Morgan fingerprint density at radius 3 is 2.30 bits per heavy atom. The molecule has 1 unspecified atom stereocenters. The summed E-state index contributed by atoms with van der Waals surface area (Å²) in [6.45, 7) is 3.13. The molecule has 0 radical (unpaired) electrons. The molecule has 0 heterocycles. The molecule has 106 valence electrons. The fourth-order valence-electron chi connectivity index (χ4n) is 1.75. The van der Waals surface area contributed by atoms with Crippen molar-refractivity contribution in [3.63, 3.8) is 0 Å². The standard InChI is InChI=1S/C15H13F3OS/c1-8-5-15(11(9(2)19)7-13(8)17)20-10-3-4-12(16)14(18)6-10/h3-7,9,19H,1-2H3. The van der Waals surface area contributed by atoms with E-state index < -0.39 is 23.6 Å². The van der Waals surface area contributed by atoms with Crippen molar-refractivity contribution in [2.24, 2.45) is 0 Å². The van der Waals surface area contributed by atoms with Gasteiger partial charge in [0.25, 0.3) is 0 Å². The van der Waals surface area contributed by atoms with Crippen molar-refractivity contribution in [2.45, 2.75) is 29.7 Å². The van der Waals surface area contributed by atoms with E-state index in [9.17, 15) is 18.3 Å². The zero-order valence-electron chi connectivity index (χ0n) is 11.0. The summed E-state index contributed by atoms with van der Waals surface area (Å²) in [7, 11) is 0. The van der Waals surface area contributed by atoms with Gasteiger partial charge < -0.3 is 5.11 Å². The van der Waals surface area contributed by atoms with Crippen LogP contribution in [0.3, 0.4) is 0 Å². The summed E-state index contributed by atoms with van der Waals surface area (Å²) in [4.78, 5) is 1.10. The number of aliphatic hydroxyl groups is 1. The maximum Gasteiger partial charge on any atom is 0.159 e. The minimum Gasteiger partial charge on any atom is -0.389 e. The lowest BCUT2D eigenvalue weighted by Gasteiger charge is -2.13. The van der Waals surface area contributed by atoms with E-state index in [4.69, 9.17) is 0 Å². The van der Waals surface area contributed by atoms with E-state index >= 15 is 0 Å². The van der Waals surface area contributed by atoms with Gasteiger partial charge in [-0.25, -0.2) is 13.2 Å². The molecule has 0 aliphatic carbocycles. The van der Waals surface area contributed by atoms with Gasteiger partial charge in [0.05, 0.1) is 6.10 Å². The van der Waals surface area contributed by atoms with E-state index in [0.29, 0.717) is 20.9 Å². The van der Waals surface area contributed by atoms with Crippen molar-refractivity contribution >= 4 is 11.8 Å². The van der Waals surface area contributed by atoms with Gasteiger partial charge in [0, 0.05) is 9.79 Å². The Balaban J connectivity index is 2.41. The molecule has 0 aliphatic heterocycles. The van der Waals surface area contributed by atoms with Gasteiger partial charge in [-0.15, -0.1) is 0 Å². The highest BCUT2D eigenvalue weighted by molar-refractivity contribution is 7.99. The molecule has 0 spiro atoms. The smallest absolute Gasteiger partial charge is 0.159 e. The van der Waals surface area contributed by atoms with E-state index in [-0.39, 0.29) is 0 Å².